The van der Waals surface area contributed by atoms with E-state index in [4.69, 9.17) is 16.3 Å². The van der Waals surface area contributed by atoms with Crippen LogP contribution in [0.25, 0.3) is 11.1 Å². The third-order valence-electron chi connectivity index (χ3n) is 5.23. The number of morpholine rings is 1. The van der Waals surface area contributed by atoms with Gasteiger partial charge in [-0.15, -0.1) is 0 Å². The molecule has 0 aliphatic carbocycles. The molecule has 0 saturated carbocycles. The quantitative estimate of drug-likeness (QED) is 0.523. The van der Waals surface area contributed by atoms with E-state index in [0.717, 1.165) is 34.8 Å². The fraction of sp³-hybridized carbons (Fsp3) is 0.261. The summed E-state index contributed by atoms with van der Waals surface area (Å²) < 4.78 is 44.2. The van der Waals surface area contributed by atoms with Gasteiger partial charge < -0.3 is 15.0 Å². The van der Waals surface area contributed by atoms with E-state index in [1.165, 1.54) is 6.07 Å². The summed E-state index contributed by atoms with van der Waals surface area (Å²) in [5.74, 6) is 0.0607. The fourth-order valence-electron chi connectivity index (χ4n) is 3.53. The van der Waals surface area contributed by atoms with Gasteiger partial charge in [0.25, 0.3) is 5.91 Å². The Morgan fingerprint density at radius 3 is 2.61 bits per heavy atom. The van der Waals surface area contributed by atoms with Gasteiger partial charge in [-0.1, -0.05) is 17.7 Å². The Balaban J connectivity index is 1.61. The second-order valence-electron chi connectivity index (χ2n) is 7.55. The molecule has 3 aromatic rings. The summed E-state index contributed by atoms with van der Waals surface area (Å²) in [6, 6.07) is 10.9. The monoisotopic (exact) mass is 476 g/mol. The first-order valence-corrected chi connectivity index (χ1v) is 10.5. The van der Waals surface area contributed by atoms with Crippen molar-refractivity contribution in [1.82, 2.24) is 9.97 Å². The molecule has 0 atom stereocenters. The second-order valence-corrected chi connectivity index (χ2v) is 7.93. The van der Waals surface area contributed by atoms with Gasteiger partial charge in [-0.05, 0) is 60.0 Å². The summed E-state index contributed by atoms with van der Waals surface area (Å²) in [5.41, 5.74) is 1.74. The lowest BCUT2D eigenvalue weighted by Crippen LogP contribution is -2.36. The largest absolute Gasteiger partial charge is 0.433 e. The molecule has 1 amide bonds. The fourth-order valence-corrected chi connectivity index (χ4v) is 3.74. The number of amides is 1. The number of hydrogen-bond acceptors (Lipinski definition) is 5. The number of benzene rings is 1. The number of anilines is 2. The Hall–Kier alpha value is -3.17. The van der Waals surface area contributed by atoms with Gasteiger partial charge in [0.1, 0.15) is 16.7 Å². The van der Waals surface area contributed by atoms with Crippen LogP contribution >= 0.6 is 11.6 Å². The molecule has 1 aromatic carbocycles. The molecule has 0 radical (unpaired) electrons. The van der Waals surface area contributed by atoms with Crippen LogP contribution in [0.1, 0.15) is 21.6 Å². The van der Waals surface area contributed by atoms with Crippen LogP contribution in [-0.2, 0) is 10.9 Å². The number of carbonyl (C=O) groups excluding carboxylic acids is 1. The number of halogens is 4. The van der Waals surface area contributed by atoms with Gasteiger partial charge in [0.2, 0.25) is 0 Å². The molecule has 1 N–H and O–H groups in total. The normalized spacial score (nSPS) is 14.3. The minimum absolute atomic E-state index is 0.138. The number of nitrogens with one attached hydrogen (secondary N) is 1. The zero-order valence-electron chi connectivity index (χ0n) is 17.6. The smallest absolute Gasteiger partial charge is 0.378 e. The van der Waals surface area contributed by atoms with Crippen LogP contribution in [0.5, 0.6) is 0 Å². The molecule has 6 nitrogen and oxygen atoms in total. The molecule has 10 heteroatoms. The Kier molecular flexibility index (Phi) is 6.53. The van der Waals surface area contributed by atoms with Gasteiger partial charge in [-0.25, -0.2) is 4.98 Å². The number of hydrogen-bond donors (Lipinski definition) is 1. The molecule has 1 fully saturated rings. The number of ether oxygens (including phenoxy) is 1. The highest BCUT2D eigenvalue weighted by Gasteiger charge is 2.33. The summed E-state index contributed by atoms with van der Waals surface area (Å²) in [6.07, 6.45) is -3.67. The SMILES string of the molecule is Cc1ccc(NC(=O)c2ccnc(C(F)(F)F)c2)cc1-c1cc(Cl)nc(N2CCOCC2)c1. The van der Waals surface area contributed by atoms with Gasteiger partial charge in [0, 0.05) is 30.5 Å². The number of pyridine rings is 2. The second kappa shape index (κ2) is 9.36. The Bertz CT molecular complexity index is 1180. The first kappa shape index (κ1) is 23.0. The van der Waals surface area contributed by atoms with E-state index >= 15 is 0 Å². The van der Waals surface area contributed by atoms with E-state index in [0.29, 0.717) is 37.1 Å². The van der Waals surface area contributed by atoms with Gasteiger partial charge in [-0.2, -0.15) is 13.2 Å². The van der Waals surface area contributed by atoms with Crippen LogP contribution in [0, 0.1) is 6.92 Å². The molecule has 1 aliphatic heterocycles. The first-order valence-electron chi connectivity index (χ1n) is 10.2. The number of aryl methyl sites for hydroxylation is 1. The molecule has 33 heavy (non-hydrogen) atoms. The topological polar surface area (TPSA) is 67.4 Å². The van der Waals surface area contributed by atoms with Crippen molar-refractivity contribution in [2.75, 3.05) is 36.5 Å². The maximum absolute atomic E-state index is 12.9. The van der Waals surface area contributed by atoms with Crippen molar-refractivity contribution in [3.8, 4) is 11.1 Å². The lowest BCUT2D eigenvalue weighted by atomic mass is 10.0. The van der Waals surface area contributed by atoms with Gasteiger partial charge in [0.05, 0.1) is 13.2 Å². The first-order chi connectivity index (χ1) is 15.7. The van der Waals surface area contributed by atoms with Crippen molar-refractivity contribution in [2.24, 2.45) is 0 Å². The van der Waals surface area contributed by atoms with E-state index in [1.54, 1.807) is 18.2 Å². The average molecular weight is 477 g/mol. The lowest BCUT2D eigenvalue weighted by molar-refractivity contribution is -0.141. The predicted molar refractivity (Wildman–Crippen MR) is 120 cm³/mol. The molecule has 4 rings (SSSR count). The highest BCUT2D eigenvalue weighted by molar-refractivity contribution is 6.29. The summed E-state index contributed by atoms with van der Waals surface area (Å²) in [6.45, 7) is 4.54. The predicted octanol–water partition coefficient (Wildman–Crippen LogP) is 5.21. The Morgan fingerprint density at radius 2 is 1.88 bits per heavy atom. The number of aromatic nitrogens is 2. The van der Waals surface area contributed by atoms with Crippen molar-refractivity contribution in [2.45, 2.75) is 13.1 Å². The minimum Gasteiger partial charge on any atom is -0.378 e. The number of nitrogens with zero attached hydrogens (tertiary/aromatic N) is 3. The van der Waals surface area contributed by atoms with Crippen molar-refractivity contribution >= 4 is 29.0 Å². The van der Waals surface area contributed by atoms with Crippen LogP contribution < -0.4 is 10.2 Å². The molecule has 0 bridgehead atoms. The van der Waals surface area contributed by atoms with Gasteiger partial charge >= 0.3 is 6.18 Å². The third-order valence-corrected chi connectivity index (χ3v) is 5.43. The molecule has 0 spiro atoms. The van der Waals surface area contributed by atoms with E-state index in [9.17, 15) is 18.0 Å². The van der Waals surface area contributed by atoms with E-state index in [2.05, 4.69) is 20.2 Å². The standard InChI is InChI=1S/C23H20ClF3N4O2/c1-14-2-3-17(29-22(32)15-4-5-28-19(10-15)23(25,26)27)13-18(14)16-11-20(24)30-21(12-16)31-6-8-33-9-7-31/h2-5,10-13H,6-9H2,1H3,(H,29,32). The number of rotatable bonds is 4. The highest BCUT2D eigenvalue weighted by atomic mass is 35.5. The van der Waals surface area contributed by atoms with E-state index in [-0.39, 0.29) is 5.56 Å². The van der Waals surface area contributed by atoms with Crippen LogP contribution in [0.2, 0.25) is 5.15 Å². The summed E-state index contributed by atoms with van der Waals surface area (Å²) in [5, 5.41) is 2.99. The van der Waals surface area contributed by atoms with Crippen molar-refractivity contribution in [1.29, 1.82) is 0 Å². The molecule has 1 saturated heterocycles. The van der Waals surface area contributed by atoms with Gasteiger partial charge in [-0.3, -0.25) is 9.78 Å². The van der Waals surface area contributed by atoms with Crippen molar-refractivity contribution in [3.05, 3.63) is 70.6 Å². The minimum atomic E-state index is -4.63. The zero-order valence-corrected chi connectivity index (χ0v) is 18.4. The van der Waals surface area contributed by atoms with Crippen LogP contribution in [0.4, 0.5) is 24.7 Å². The Labute approximate surface area is 193 Å². The van der Waals surface area contributed by atoms with E-state index < -0.39 is 17.8 Å². The lowest BCUT2D eigenvalue weighted by Gasteiger charge is -2.28. The molecule has 172 valence electrons. The van der Waals surface area contributed by atoms with Crippen LogP contribution in [-0.4, -0.2) is 42.2 Å². The molecular weight excluding hydrogens is 457 g/mol. The Morgan fingerprint density at radius 1 is 1.12 bits per heavy atom. The third kappa shape index (κ3) is 5.43. The maximum Gasteiger partial charge on any atom is 0.433 e. The van der Waals surface area contributed by atoms with Gasteiger partial charge in [0.15, 0.2) is 0 Å². The molecular formula is C23H20ClF3N4O2. The molecule has 0 unspecified atom stereocenters. The maximum atomic E-state index is 12.9. The summed E-state index contributed by atoms with van der Waals surface area (Å²) >= 11 is 6.29. The van der Waals surface area contributed by atoms with Crippen LogP contribution in [0.3, 0.4) is 0 Å². The molecule has 2 aromatic heterocycles. The number of alkyl halides is 3. The number of carbonyl (C=O) groups is 1. The van der Waals surface area contributed by atoms with Crippen molar-refractivity contribution < 1.29 is 22.7 Å². The average Bonchev–Trinajstić information content (AvgIpc) is 2.80. The van der Waals surface area contributed by atoms with Crippen molar-refractivity contribution in [3.63, 3.8) is 0 Å². The molecule has 1 aliphatic rings. The van der Waals surface area contributed by atoms with Crippen LogP contribution in [0.15, 0.2) is 48.7 Å². The van der Waals surface area contributed by atoms with E-state index in [1.807, 2.05) is 19.1 Å². The summed E-state index contributed by atoms with van der Waals surface area (Å²) in [4.78, 5) is 22.4. The highest BCUT2D eigenvalue weighted by Crippen LogP contribution is 2.32. The zero-order chi connectivity index (χ0) is 23.6. The molecule has 3 heterocycles. The summed E-state index contributed by atoms with van der Waals surface area (Å²) in [7, 11) is 0.